The van der Waals surface area contributed by atoms with Crippen molar-refractivity contribution in [2.24, 2.45) is 0 Å². The highest BCUT2D eigenvalue weighted by Crippen LogP contribution is 2.21. The maximum absolute atomic E-state index is 13.4. The molecule has 0 aromatic heterocycles. The summed E-state index contributed by atoms with van der Waals surface area (Å²) in [6.07, 6.45) is 1.07. The Bertz CT molecular complexity index is 1060. The van der Waals surface area contributed by atoms with Gasteiger partial charge in [-0.15, -0.1) is 0 Å². The zero-order chi connectivity index (χ0) is 24.1. The Balaban J connectivity index is 2.39. The maximum atomic E-state index is 13.4. The Morgan fingerprint density at radius 2 is 1.62 bits per heavy atom. The van der Waals surface area contributed by atoms with Gasteiger partial charge in [-0.05, 0) is 85.7 Å². The number of hydrogen-bond acceptors (Lipinski definition) is 4. The fourth-order valence-corrected chi connectivity index (χ4v) is 4.39. The van der Waals surface area contributed by atoms with Crippen LogP contribution in [0.5, 0.6) is 0 Å². The third-order valence-electron chi connectivity index (χ3n) is 4.99. The Kier molecular flexibility index (Phi) is 9.08. The van der Waals surface area contributed by atoms with E-state index in [1.807, 2.05) is 45.0 Å². The third kappa shape index (κ3) is 7.19. The van der Waals surface area contributed by atoms with Gasteiger partial charge in [-0.2, -0.15) is 0 Å². The molecule has 0 spiro atoms. The molecule has 2 rings (SSSR count). The van der Waals surface area contributed by atoms with Gasteiger partial charge in [0.15, 0.2) is 0 Å². The first-order valence-electron chi connectivity index (χ1n) is 10.3. The van der Waals surface area contributed by atoms with E-state index in [0.29, 0.717) is 5.69 Å². The Labute approximate surface area is 204 Å². The van der Waals surface area contributed by atoms with Gasteiger partial charge in [-0.25, -0.2) is 8.42 Å². The smallest absolute Gasteiger partial charge is 0.244 e. The maximum Gasteiger partial charge on any atom is 0.244 e. The topological polar surface area (TPSA) is 86.8 Å². The second-order valence-electron chi connectivity index (χ2n) is 8.03. The molecule has 0 heterocycles. The van der Waals surface area contributed by atoms with Crippen molar-refractivity contribution in [1.29, 1.82) is 0 Å². The van der Waals surface area contributed by atoms with Gasteiger partial charge >= 0.3 is 0 Å². The molecule has 0 saturated heterocycles. The molecule has 2 amide bonds. The minimum atomic E-state index is -3.72. The number of anilines is 1. The number of sulfonamides is 1. The van der Waals surface area contributed by atoms with E-state index >= 15 is 0 Å². The summed E-state index contributed by atoms with van der Waals surface area (Å²) in [5.74, 6) is -0.745. The van der Waals surface area contributed by atoms with Crippen LogP contribution in [0.2, 0.25) is 0 Å². The van der Waals surface area contributed by atoms with Crippen LogP contribution in [-0.2, 0) is 26.2 Å². The standard InChI is InChI=1S/C23H30IN3O4S/c1-16(2)25-23(29)18(4)26(14-19-9-7-6-8-17(19)3)22(28)15-27(32(5,30)31)21-12-10-20(24)11-13-21/h6-13,16,18H,14-15H2,1-5H3,(H,25,29)/t18-/m0/s1. The molecule has 32 heavy (non-hydrogen) atoms. The monoisotopic (exact) mass is 571 g/mol. The van der Waals surface area contributed by atoms with Gasteiger partial charge in [0.25, 0.3) is 0 Å². The van der Waals surface area contributed by atoms with Gasteiger partial charge in [0.05, 0.1) is 11.9 Å². The number of carbonyl (C=O) groups excluding carboxylic acids is 2. The summed E-state index contributed by atoms with van der Waals surface area (Å²) in [6, 6.07) is 13.6. The summed E-state index contributed by atoms with van der Waals surface area (Å²) in [5, 5.41) is 2.83. The first-order valence-corrected chi connectivity index (χ1v) is 13.2. The van der Waals surface area contributed by atoms with E-state index in [-0.39, 0.29) is 18.5 Å². The molecule has 1 atom stereocenters. The molecule has 2 aromatic rings. The van der Waals surface area contributed by atoms with Crippen molar-refractivity contribution in [3.63, 3.8) is 0 Å². The van der Waals surface area contributed by atoms with Gasteiger partial charge in [-0.3, -0.25) is 13.9 Å². The molecule has 174 valence electrons. The van der Waals surface area contributed by atoms with Crippen molar-refractivity contribution in [2.75, 3.05) is 17.1 Å². The van der Waals surface area contributed by atoms with E-state index in [9.17, 15) is 18.0 Å². The highest BCUT2D eigenvalue weighted by Gasteiger charge is 2.30. The van der Waals surface area contributed by atoms with Gasteiger partial charge in [0, 0.05) is 16.2 Å². The molecule has 0 bridgehead atoms. The largest absolute Gasteiger partial charge is 0.352 e. The minimum Gasteiger partial charge on any atom is -0.352 e. The lowest BCUT2D eigenvalue weighted by atomic mass is 10.1. The van der Waals surface area contributed by atoms with Crippen molar-refractivity contribution >= 4 is 50.1 Å². The normalized spacial score (nSPS) is 12.3. The minimum absolute atomic E-state index is 0.0836. The lowest BCUT2D eigenvalue weighted by Crippen LogP contribution is -2.52. The van der Waals surface area contributed by atoms with Crippen LogP contribution in [0.3, 0.4) is 0 Å². The Morgan fingerprint density at radius 3 is 2.16 bits per heavy atom. The summed E-state index contributed by atoms with van der Waals surface area (Å²) in [6.45, 7) is 7.09. The molecular weight excluding hydrogens is 541 g/mol. The van der Waals surface area contributed by atoms with Gasteiger partial charge in [0.2, 0.25) is 21.8 Å². The molecular formula is C23H30IN3O4S. The van der Waals surface area contributed by atoms with Gasteiger partial charge in [-0.1, -0.05) is 24.3 Å². The predicted molar refractivity (Wildman–Crippen MR) is 136 cm³/mol. The van der Waals surface area contributed by atoms with Crippen LogP contribution in [0.15, 0.2) is 48.5 Å². The van der Waals surface area contributed by atoms with E-state index in [1.54, 1.807) is 31.2 Å². The first-order chi connectivity index (χ1) is 14.9. The van der Waals surface area contributed by atoms with Crippen molar-refractivity contribution < 1.29 is 18.0 Å². The molecule has 0 aliphatic rings. The number of amides is 2. The molecule has 0 radical (unpaired) electrons. The number of benzene rings is 2. The van der Waals surface area contributed by atoms with E-state index < -0.39 is 28.5 Å². The Hall–Kier alpha value is -2.14. The molecule has 0 aliphatic heterocycles. The molecule has 0 unspecified atom stereocenters. The van der Waals surface area contributed by atoms with E-state index in [4.69, 9.17) is 0 Å². The lowest BCUT2D eigenvalue weighted by molar-refractivity contribution is -0.139. The van der Waals surface area contributed by atoms with Gasteiger partial charge < -0.3 is 10.2 Å². The fraction of sp³-hybridized carbons (Fsp3) is 0.391. The van der Waals surface area contributed by atoms with Gasteiger partial charge in [0.1, 0.15) is 12.6 Å². The Morgan fingerprint density at radius 1 is 1.03 bits per heavy atom. The van der Waals surface area contributed by atoms with Crippen molar-refractivity contribution in [3.05, 3.63) is 63.2 Å². The number of aryl methyl sites for hydroxylation is 1. The molecule has 2 aromatic carbocycles. The van der Waals surface area contributed by atoms with E-state index in [1.165, 1.54) is 4.90 Å². The van der Waals surface area contributed by atoms with Crippen molar-refractivity contribution in [2.45, 2.75) is 46.3 Å². The molecule has 0 saturated carbocycles. The predicted octanol–water partition coefficient (Wildman–Crippen LogP) is 3.31. The molecule has 9 heteroatoms. The fourth-order valence-electron chi connectivity index (χ4n) is 3.18. The SMILES string of the molecule is Cc1ccccc1CN(C(=O)CN(c1ccc(I)cc1)S(C)(=O)=O)[C@@H](C)C(=O)NC(C)C. The van der Waals surface area contributed by atoms with Crippen LogP contribution in [0.4, 0.5) is 5.69 Å². The number of hydrogen-bond donors (Lipinski definition) is 1. The van der Waals surface area contributed by atoms with Crippen LogP contribution >= 0.6 is 22.6 Å². The number of carbonyl (C=O) groups is 2. The highest BCUT2D eigenvalue weighted by molar-refractivity contribution is 14.1. The first kappa shape index (κ1) is 26.1. The zero-order valence-electron chi connectivity index (χ0n) is 19.0. The molecule has 0 fully saturated rings. The number of rotatable bonds is 9. The lowest BCUT2D eigenvalue weighted by Gasteiger charge is -2.32. The van der Waals surface area contributed by atoms with Crippen molar-refractivity contribution in [3.8, 4) is 0 Å². The van der Waals surface area contributed by atoms with Crippen LogP contribution in [-0.4, -0.2) is 50.0 Å². The zero-order valence-corrected chi connectivity index (χ0v) is 22.0. The van der Waals surface area contributed by atoms with Crippen molar-refractivity contribution in [1.82, 2.24) is 10.2 Å². The van der Waals surface area contributed by atoms with E-state index in [2.05, 4.69) is 27.9 Å². The summed E-state index contributed by atoms with van der Waals surface area (Å²) >= 11 is 2.13. The number of halogens is 1. The summed E-state index contributed by atoms with van der Waals surface area (Å²) < 4.78 is 27.0. The average molecular weight is 571 g/mol. The van der Waals surface area contributed by atoms with Crippen LogP contribution in [0.25, 0.3) is 0 Å². The highest BCUT2D eigenvalue weighted by atomic mass is 127. The molecule has 1 N–H and O–H groups in total. The molecule has 7 nitrogen and oxygen atoms in total. The number of nitrogens with zero attached hydrogens (tertiary/aromatic N) is 2. The quantitative estimate of drug-likeness (QED) is 0.468. The second kappa shape index (κ2) is 11.1. The number of nitrogens with one attached hydrogen (secondary N) is 1. The summed E-state index contributed by atoms with van der Waals surface area (Å²) in [7, 11) is -3.72. The average Bonchev–Trinajstić information content (AvgIpc) is 2.70. The third-order valence-corrected chi connectivity index (χ3v) is 6.85. The van der Waals surface area contributed by atoms with Crippen LogP contribution < -0.4 is 9.62 Å². The summed E-state index contributed by atoms with van der Waals surface area (Å²) in [4.78, 5) is 27.6. The summed E-state index contributed by atoms with van der Waals surface area (Å²) in [5.41, 5.74) is 2.28. The second-order valence-corrected chi connectivity index (χ2v) is 11.2. The van der Waals surface area contributed by atoms with E-state index in [0.717, 1.165) is 25.3 Å². The molecule has 0 aliphatic carbocycles. The van der Waals surface area contributed by atoms with Crippen LogP contribution in [0.1, 0.15) is 31.9 Å². The van der Waals surface area contributed by atoms with Crippen LogP contribution in [0, 0.1) is 10.5 Å².